The molecule has 0 aromatic rings. The predicted molar refractivity (Wildman–Crippen MR) is 127 cm³/mol. The normalized spacial score (nSPS) is 44.9. The molecule has 0 aromatic carbocycles. The lowest BCUT2D eigenvalue weighted by Crippen LogP contribution is -2.64. The van der Waals surface area contributed by atoms with Gasteiger partial charge in [0.1, 0.15) is 0 Å². The van der Waals surface area contributed by atoms with E-state index in [9.17, 15) is 35.4 Å². The zero-order valence-electron chi connectivity index (χ0n) is 21.1. The van der Waals surface area contributed by atoms with Crippen molar-refractivity contribution in [2.75, 3.05) is 0 Å². The van der Waals surface area contributed by atoms with E-state index in [-0.39, 0.29) is 31.0 Å². The fourth-order valence-corrected chi connectivity index (χ4v) is 7.63. The topological polar surface area (TPSA) is 138 Å². The monoisotopic (exact) mass is 478 g/mol. The summed E-state index contributed by atoms with van der Waals surface area (Å²) < 4.78 is 0. The van der Waals surface area contributed by atoms with Crippen molar-refractivity contribution >= 4 is 5.78 Å². The van der Waals surface area contributed by atoms with Crippen LogP contribution in [0.2, 0.25) is 0 Å². The first kappa shape index (κ1) is 26.0. The summed E-state index contributed by atoms with van der Waals surface area (Å²) in [6.07, 6.45) is 2.80. The molecule has 0 saturated heterocycles. The quantitative estimate of drug-likeness (QED) is 0.354. The van der Waals surface area contributed by atoms with Crippen molar-refractivity contribution < 1.29 is 35.4 Å². The summed E-state index contributed by atoms with van der Waals surface area (Å²) in [6, 6.07) is 0. The second-order valence-corrected chi connectivity index (χ2v) is 12.8. The Morgan fingerprint density at radius 3 is 2.35 bits per heavy atom. The average molecular weight is 479 g/mol. The first-order chi connectivity index (χ1) is 15.5. The lowest BCUT2D eigenvalue weighted by molar-refractivity contribution is -0.180. The fraction of sp³-hybridized carbons (Fsp3) is 0.815. The molecule has 34 heavy (non-hydrogen) atoms. The number of ketones is 1. The number of aliphatic hydroxyl groups is 6. The van der Waals surface area contributed by atoms with Crippen molar-refractivity contribution in [3.8, 4) is 0 Å². The Morgan fingerprint density at radius 2 is 1.74 bits per heavy atom. The third-order valence-electron chi connectivity index (χ3n) is 9.99. The van der Waals surface area contributed by atoms with Crippen LogP contribution in [0, 0.1) is 22.7 Å². The molecule has 0 heterocycles. The molecule has 0 unspecified atom stereocenters. The summed E-state index contributed by atoms with van der Waals surface area (Å²) in [6.45, 7) is 8.88. The molecule has 4 aliphatic rings. The Hall–Kier alpha value is -1.09. The lowest BCUT2D eigenvalue weighted by Gasteiger charge is -2.61. The molecule has 4 rings (SSSR count). The highest BCUT2D eigenvalue weighted by molar-refractivity contribution is 5.96. The van der Waals surface area contributed by atoms with Crippen LogP contribution in [0.1, 0.15) is 79.6 Å². The number of allylic oxidation sites excluding steroid dienone is 2. The van der Waals surface area contributed by atoms with Gasteiger partial charge in [-0.2, -0.15) is 0 Å². The molecule has 2 saturated carbocycles. The highest BCUT2D eigenvalue weighted by atomic mass is 16.3. The molecule has 0 aliphatic heterocycles. The molecule has 0 bridgehead atoms. The minimum Gasteiger partial charge on any atom is -0.390 e. The maximum absolute atomic E-state index is 13.2. The van der Waals surface area contributed by atoms with Gasteiger partial charge in [-0.25, -0.2) is 0 Å². The maximum Gasteiger partial charge on any atom is 0.159 e. The predicted octanol–water partition coefficient (Wildman–Crippen LogP) is 1.77. The second-order valence-electron chi connectivity index (χ2n) is 12.8. The smallest absolute Gasteiger partial charge is 0.159 e. The number of hydrogen-bond donors (Lipinski definition) is 6. The summed E-state index contributed by atoms with van der Waals surface area (Å²) in [5, 5.41) is 65.3. The fourth-order valence-electron chi connectivity index (χ4n) is 7.63. The van der Waals surface area contributed by atoms with Crippen molar-refractivity contribution in [2.45, 2.75) is 115 Å². The largest absolute Gasteiger partial charge is 0.390 e. The van der Waals surface area contributed by atoms with Crippen LogP contribution >= 0.6 is 0 Å². The zero-order valence-corrected chi connectivity index (χ0v) is 21.1. The van der Waals surface area contributed by atoms with Crippen LogP contribution in [0.15, 0.2) is 23.3 Å². The third-order valence-corrected chi connectivity index (χ3v) is 9.99. The number of aliphatic hydroxyl groups excluding tert-OH is 3. The Morgan fingerprint density at radius 1 is 1.09 bits per heavy atom. The van der Waals surface area contributed by atoms with Crippen LogP contribution in [0.5, 0.6) is 0 Å². The van der Waals surface area contributed by atoms with Crippen LogP contribution in [0.3, 0.4) is 0 Å². The zero-order chi connectivity index (χ0) is 25.5. The van der Waals surface area contributed by atoms with Crippen LogP contribution in [0.4, 0.5) is 0 Å². The van der Waals surface area contributed by atoms with Gasteiger partial charge >= 0.3 is 0 Å². The van der Waals surface area contributed by atoms with Crippen LogP contribution < -0.4 is 0 Å². The van der Waals surface area contributed by atoms with Gasteiger partial charge in [0, 0.05) is 17.3 Å². The minimum absolute atomic E-state index is 0.129. The number of rotatable bonds is 5. The van der Waals surface area contributed by atoms with Gasteiger partial charge in [-0.15, -0.1) is 0 Å². The number of hydrogen-bond acceptors (Lipinski definition) is 7. The van der Waals surface area contributed by atoms with E-state index in [0.717, 1.165) is 5.57 Å². The van der Waals surface area contributed by atoms with E-state index >= 15 is 0 Å². The Kier molecular flexibility index (Phi) is 6.08. The van der Waals surface area contributed by atoms with Crippen LogP contribution in [0.25, 0.3) is 0 Å². The van der Waals surface area contributed by atoms with Crippen molar-refractivity contribution in [3.05, 3.63) is 23.3 Å². The highest BCUT2D eigenvalue weighted by Gasteiger charge is 2.66. The molecule has 6 N–H and O–H groups in total. The van der Waals surface area contributed by atoms with Crippen molar-refractivity contribution in [2.24, 2.45) is 22.7 Å². The molecule has 9 atom stereocenters. The van der Waals surface area contributed by atoms with Gasteiger partial charge in [-0.05, 0) is 88.4 Å². The molecule has 7 heteroatoms. The van der Waals surface area contributed by atoms with Crippen molar-refractivity contribution in [1.29, 1.82) is 0 Å². The summed E-state index contributed by atoms with van der Waals surface area (Å²) in [5.41, 5.74) is -3.73. The average Bonchev–Trinajstić information content (AvgIpc) is 3.08. The molecule has 0 spiro atoms. The van der Waals surface area contributed by atoms with Crippen LogP contribution in [-0.4, -0.2) is 71.5 Å². The van der Waals surface area contributed by atoms with E-state index in [1.165, 1.54) is 6.08 Å². The first-order valence-electron chi connectivity index (χ1n) is 12.7. The van der Waals surface area contributed by atoms with E-state index < -0.39 is 51.9 Å². The minimum atomic E-state index is -1.43. The van der Waals surface area contributed by atoms with Gasteiger partial charge in [-0.3, -0.25) is 4.79 Å². The molecule has 4 aliphatic carbocycles. The molecule has 0 aromatic heterocycles. The van der Waals surface area contributed by atoms with E-state index in [4.69, 9.17) is 0 Å². The number of carbonyl (C=O) groups is 1. The third kappa shape index (κ3) is 3.66. The van der Waals surface area contributed by atoms with Crippen molar-refractivity contribution in [1.82, 2.24) is 0 Å². The maximum atomic E-state index is 13.2. The van der Waals surface area contributed by atoms with Crippen molar-refractivity contribution in [3.63, 3.8) is 0 Å². The second kappa shape index (κ2) is 7.95. The SMILES string of the molecule is CC(C)(O)CC[C@@H](O)[C@](C)(O)[C@H]1CC=C2C3=CC(=O)[C@@H]4C[C@@H](O)[C@@H](O)C[C@]4(C)[C@@]3(O)CC[C@@]21C. The summed E-state index contributed by atoms with van der Waals surface area (Å²) >= 11 is 0. The molecule has 0 amide bonds. The highest BCUT2D eigenvalue weighted by Crippen LogP contribution is 2.66. The summed E-state index contributed by atoms with van der Waals surface area (Å²) in [7, 11) is 0. The summed E-state index contributed by atoms with van der Waals surface area (Å²) in [4.78, 5) is 13.2. The van der Waals surface area contributed by atoms with E-state index in [0.29, 0.717) is 31.3 Å². The molecule has 7 nitrogen and oxygen atoms in total. The lowest BCUT2D eigenvalue weighted by atomic mass is 9.45. The van der Waals surface area contributed by atoms with Gasteiger partial charge in [0.25, 0.3) is 0 Å². The number of carbonyl (C=O) groups excluding carboxylic acids is 1. The van der Waals surface area contributed by atoms with Crippen LogP contribution in [-0.2, 0) is 4.79 Å². The standard InChI is InChI=1S/C27H42O7/c1-23(2,32)9-8-22(31)26(5,33)21-7-6-15-16-12-18(28)17-13-19(29)20(30)14-25(17,4)27(16,34)11-10-24(15,21)3/h6,12,17,19-22,29-34H,7-11,13-14H2,1-5H3/t17-,19+,20-,21-,22+,24-,25-,26+,27+/m0/s1. The molecule has 192 valence electrons. The van der Waals surface area contributed by atoms with Gasteiger partial charge in [0.15, 0.2) is 5.78 Å². The first-order valence-corrected chi connectivity index (χ1v) is 12.7. The summed E-state index contributed by atoms with van der Waals surface area (Å²) in [5.74, 6) is -1.02. The molecular weight excluding hydrogens is 436 g/mol. The van der Waals surface area contributed by atoms with Gasteiger partial charge in [0.2, 0.25) is 0 Å². The Balaban J connectivity index is 1.67. The molecule has 2 fully saturated rings. The van der Waals surface area contributed by atoms with E-state index in [2.05, 4.69) is 0 Å². The van der Waals surface area contributed by atoms with E-state index in [1.807, 2.05) is 19.9 Å². The number of fused-ring (bicyclic) bond motifs is 5. The van der Waals surface area contributed by atoms with Gasteiger partial charge in [-0.1, -0.05) is 19.9 Å². The Labute approximate surface area is 202 Å². The van der Waals surface area contributed by atoms with E-state index in [1.54, 1.807) is 20.8 Å². The van der Waals surface area contributed by atoms with Gasteiger partial charge in [0.05, 0.1) is 35.1 Å². The molecule has 0 radical (unpaired) electrons. The Bertz CT molecular complexity index is 914. The molecular formula is C27H42O7. The van der Waals surface area contributed by atoms with Gasteiger partial charge < -0.3 is 30.6 Å².